The van der Waals surface area contributed by atoms with Gasteiger partial charge in [0.25, 0.3) is 0 Å². The van der Waals surface area contributed by atoms with E-state index in [4.69, 9.17) is 0 Å². The molecule has 0 bridgehead atoms. The standard InChI is InChI=1S/C18H19N/c1-5-9-11-16(8-4)18-17(12-10-6-2)15(7-3)13-14-19-18/h5-14H,1-3H2,4H3/b11-9-,12-10-,16-8+. The Morgan fingerprint density at radius 3 is 2.47 bits per heavy atom. The van der Waals surface area contributed by atoms with Crippen molar-refractivity contribution >= 4 is 17.7 Å². The molecule has 0 atom stereocenters. The SMILES string of the molecule is C=C/C=C\C(=C/C)c1nccc(C=C)c1/C=C\C=C. The molecule has 1 heteroatoms. The van der Waals surface area contributed by atoms with Crippen LogP contribution in [0.3, 0.4) is 0 Å². The first-order valence-corrected chi connectivity index (χ1v) is 6.14. The van der Waals surface area contributed by atoms with E-state index in [9.17, 15) is 0 Å². The van der Waals surface area contributed by atoms with Crippen molar-refractivity contribution < 1.29 is 0 Å². The number of hydrogen-bond donors (Lipinski definition) is 0. The molecule has 0 amide bonds. The Bertz CT molecular complexity index is 557. The van der Waals surface area contributed by atoms with E-state index in [2.05, 4.69) is 24.7 Å². The monoisotopic (exact) mass is 249 g/mol. The molecule has 1 aromatic rings. The van der Waals surface area contributed by atoms with Crippen LogP contribution in [-0.4, -0.2) is 4.98 Å². The fourth-order valence-electron chi connectivity index (χ4n) is 1.72. The first-order chi connectivity index (χ1) is 9.28. The molecule has 0 aliphatic rings. The van der Waals surface area contributed by atoms with Crippen LogP contribution in [0.1, 0.15) is 23.7 Å². The van der Waals surface area contributed by atoms with E-state index >= 15 is 0 Å². The van der Waals surface area contributed by atoms with E-state index in [1.54, 1.807) is 18.3 Å². The average Bonchev–Trinajstić information content (AvgIpc) is 2.46. The summed E-state index contributed by atoms with van der Waals surface area (Å²) >= 11 is 0. The molecule has 0 N–H and O–H groups in total. The molecule has 1 heterocycles. The number of nitrogens with zero attached hydrogens (tertiary/aromatic N) is 1. The van der Waals surface area contributed by atoms with Gasteiger partial charge in [-0.15, -0.1) is 0 Å². The molecule has 0 saturated heterocycles. The summed E-state index contributed by atoms with van der Waals surface area (Å²) in [5.74, 6) is 0. The fraction of sp³-hybridized carbons (Fsp3) is 0.0556. The Labute approximate surface area is 115 Å². The predicted octanol–water partition coefficient (Wildman–Crippen LogP) is 5.07. The largest absolute Gasteiger partial charge is 0.256 e. The van der Waals surface area contributed by atoms with Crippen LogP contribution in [0.2, 0.25) is 0 Å². The van der Waals surface area contributed by atoms with Gasteiger partial charge in [0.1, 0.15) is 0 Å². The zero-order chi connectivity index (χ0) is 14.1. The third kappa shape index (κ3) is 3.78. The van der Waals surface area contributed by atoms with Crippen LogP contribution in [-0.2, 0) is 0 Å². The van der Waals surface area contributed by atoms with Gasteiger partial charge in [0.05, 0.1) is 5.69 Å². The first kappa shape index (κ1) is 14.7. The Kier molecular flexibility index (Phi) is 6.04. The summed E-state index contributed by atoms with van der Waals surface area (Å²) in [4.78, 5) is 4.48. The first-order valence-electron chi connectivity index (χ1n) is 6.14. The second-order valence-electron chi connectivity index (χ2n) is 3.80. The summed E-state index contributed by atoms with van der Waals surface area (Å²) in [6.45, 7) is 13.2. The summed E-state index contributed by atoms with van der Waals surface area (Å²) < 4.78 is 0. The lowest BCUT2D eigenvalue weighted by Gasteiger charge is -2.09. The second-order valence-corrected chi connectivity index (χ2v) is 3.80. The van der Waals surface area contributed by atoms with Crippen LogP contribution >= 0.6 is 0 Å². The molecule has 0 aliphatic heterocycles. The van der Waals surface area contributed by atoms with Crippen molar-refractivity contribution in [2.75, 3.05) is 0 Å². The maximum Gasteiger partial charge on any atom is 0.0776 e. The van der Waals surface area contributed by atoms with E-state index in [1.165, 1.54) is 0 Å². The lowest BCUT2D eigenvalue weighted by molar-refractivity contribution is 1.26. The molecule has 0 aromatic carbocycles. The smallest absolute Gasteiger partial charge is 0.0776 e. The lowest BCUT2D eigenvalue weighted by atomic mass is 10.00. The molecule has 1 rings (SSSR count). The van der Waals surface area contributed by atoms with Crippen molar-refractivity contribution in [1.82, 2.24) is 4.98 Å². The Hall–Kier alpha value is -2.41. The maximum absolute atomic E-state index is 4.48. The molecule has 0 fully saturated rings. The highest BCUT2D eigenvalue weighted by Crippen LogP contribution is 2.23. The predicted molar refractivity (Wildman–Crippen MR) is 86.5 cm³/mol. The minimum Gasteiger partial charge on any atom is -0.256 e. The Balaban J connectivity index is 3.44. The third-order valence-corrected chi connectivity index (χ3v) is 2.64. The Morgan fingerprint density at radius 2 is 1.89 bits per heavy atom. The van der Waals surface area contributed by atoms with Gasteiger partial charge in [-0.2, -0.15) is 0 Å². The number of allylic oxidation sites excluding steroid dienone is 7. The molecule has 19 heavy (non-hydrogen) atoms. The maximum atomic E-state index is 4.48. The quantitative estimate of drug-likeness (QED) is 0.641. The average molecular weight is 249 g/mol. The van der Waals surface area contributed by atoms with E-state index in [0.717, 1.165) is 22.4 Å². The summed E-state index contributed by atoms with van der Waals surface area (Å²) in [5, 5.41) is 0. The van der Waals surface area contributed by atoms with Crippen molar-refractivity contribution in [3.8, 4) is 0 Å². The van der Waals surface area contributed by atoms with Gasteiger partial charge in [-0.1, -0.05) is 68.3 Å². The molecular formula is C18H19N. The topological polar surface area (TPSA) is 12.9 Å². The lowest BCUT2D eigenvalue weighted by Crippen LogP contribution is -1.94. The van der Waals surface area contributed by atoms with Crippen LogP contribution in [0.4, 0.5) is 0 Å². The van der Waals surface area contributed by atoms with Crippen LogP contribution in [0.15, 0.2) is 68.5 Å². The minimum atomic E-state index is 0.927. The van der Waals surface area contributed by atoms with Crippen LogP contribution < -0.4 is 0 Å². The second kappa shape index (κ2) is 7.83. The van der Waals surface area contributed by atoms with E-state index < -0.39 is 0 Å². The molecule has 0 saturated carbocycles. The summed E-state index contributed by atoms with van der Waals surface area (Å²) in [6, 6.07) is 1.95. The molecule has 0 unspecified atom stereocenters. The molecular weight excluding hydrogens is 230 g/mol. The van der Waals surface area contributed by atoms with Gasteiger partial charge >= 0.3 is 0 Å². The highest BCUT2D eigenvalue weighted by molar-refractivity contribution is 5.81. The molecule has 0 spiro atoms. The van der Waals surface area contributed by atoms with E-state index in [1.807, 2.05) is 49.4 Å². The van der Waals surface area contributed by atoms with Crippen molar-refractivity contribution in [3.63, 3.8) is 0 Å². The van der Waals surface area contributed by atoms with Gasteiger partial charge in [0, 0.05) is 11.8 Å². The van der Waals surface area contributed by atoms with Crippen LogP contribution in [0.25, 0.3) is 17.7 Å². The van der Waals surface area contributed by atoms with Crippen molar-refractivity contribution in [2.24, 2.45) is 0 Å². The van der Waals surface area contributed by atoms with Crippen LogP contribution in [0, 0.1) is 0 Å². The minimum absolute atomic E-state index is 0.927. The molecule has 1 aromatic heterocycles. The van der Waals surface area contributed by atoms with Gasteiger partial charge in [0.2, 0.25) is 0 Å². The normalized spacial score (nSPS) is 11.9. The van der Waals surface area contributed by atoms with Crippen molar-refractivity contribution in [2.45, 2.75) is 6.92 Å². The molecule has 0 radical (unpaired) electrons. The summed E-state index contributed by atoms with van der Waals surface area (Å²) in [5.41, 5.74) is 4.07. The highest BCUT2D eigenvalue weighted by Gasteiger charge is 2.07. The zero-order valence-electron chi connectivity index (χ0n) is 11.3. The van der Waals surface area contributed by atoms with Gasteiger partial charge < -0.3 is 0 Å². The van der Waals surface area contributed by atoms with E-state index in [0.29, 0.717) is 0 Å². The third-order valence-electron chi connectivity index (χ3n) is 2.64. The van der Waals surface area contributed by atoms with Crippen molar-refractivity contribution in [1.29, 1.82) is 0 Å². The molecule has 96 valence electrons. The van der Waals surface area contributed by atoms with Crippen molar-refractivity contribution in [3.05, 3.63) is 85.3 Å². The Morgan fingerprint density at radius 1 is 1.16 bits per heavy atom. The number of hydrogen-bond acceptors (Lipinski definition) is 1. The van der Waals surface area contributed by atoms with Crippen LogP contribution in [0.5, 0.6) is 0 Å². The van der Waals surface area contributed by atoms with Gasteiger partial charge in [-0.3, -0.25) is 4.98 Å². The molecule has 0 aliphatic carbocycles. The highest BCUT2D eigenvalue weighted by atomic mass is 14.7. The number of pyridine rings is 1. The number of aromatic nitrogens is 1. The van der Waals surface area contributed by atoms with Gasteiger partial charge in [-0.25, -0.2) is 0 Å². The van der Waals surface area contributed by atoms with Gasteiger partial charge in [-0.05, 0) is 24.1 Å². The summed E-state index contributed by atoms with van der Waals surface area (Å²) in [7, 11) is 0. The summed E-state index contributed by atoms with van der Waals surface area (Å²) in [6.07, 6.45) is 16.9. The zero-order valence-corrected chi connectivity index (χ0v) is 11.3. The molecule has 1 nitrogen and oxygen atoms in total. The van der Waals surface area contributed by atoms with Gasteiger partial charge in [0.15, 0.2) is 0 Å². The number of rotatable bonds is 6. The van der Waals surface area contributed by atoms with E-state index in [-0.39, 0.29) is 0 Å². The fourth-order valence-corrected chi connectivity index (χ4v) is 1.72.